The summed E-state index contributed by atoms with van der Waals surface area (Å²) in [7, 11) is 0. The summed E-state index contributed by atoms with van der Waals surface area (Å²) in [5.41, 5.74) is 1.92. The lowest BCUT2D eigenvalue weighted by molar-refractivity contribution is -0.231. The average Bonchev–Trinajstić information content (AvgIpc) is 3.18. The van der Waals surface area contributed by atoms with Crippen LogP contribution < -0.4 is 0 Å². The van der Waals surface area contributed by atoms with Crippen LogP contribution in [-0.2, 0) is 4.74 Å². The first-order chi connectivity index (χ1) is 14.4. The number of hydrogen-bond acceptors (Lipinski definition) is 8. The third kappa shape index (κ3) is 3.73. The van der Waals surface area contributed by atoms with Crippen molar-refractivity contribution in [3.8, 4) is 22.6 Å². The van der Waals surface area contributed by atoms with Crippen LogP contribution in [0.4, 0.5) is 4.39 Å². The Balaban J connectivity index is 1.64. The third-order valence-electron chi connectivity index (χ3n) is 5.17. The van der Waals surface area contributed by atoms with E-state index in [9.17, 15) is 24.8 Å². The Labute approximate surface area is 171 Å². The molecular weight excluding hydrogens is 395 g/mol. The molecule has 2 aromatic carbocycles. The molecule has 0 amide bonds. The van der Waals surface area contributed by atoms with E-state index in [0.717, 1.165) is 0 Å². The van der Waals surface area contributed by atoms with Crippen molar-refractivity contribution in [1.29, 1.82) is 0 Å². The summed E-state index contributed by atoms with van der Waals surface area (Å²) < 4.78 is 25.5. The Morgan fingerprint density at radius 3 is 2.40 bits per heavy atom. The average molecular weight is 416 g/mol. The third-order valence-corrected chi connectivity index (χ3v) is 5.17. The van der Waals surface area contributed by atoms with E-state index in [0.29, 0.717) is 22.6 Å². The van der Waals surface area contributed by atoms with Crippen molar-refractivity contribution in [2.24, 2.45) is 0 Å². The fraction of sp³-hybridized carbons (Fsp3) is 0.333. The lowest BCUT2D eigenvalue weighted by Crippen LogP contribution is -2.55. The number of nitrogens with zero attached hydrogens (tertiary/aromatic N) is 2. The highest BCUT2D eigenvalue weighted by atomic mass is 19.1. The maximum Gasteiger partial charge on any atom is 0.250 e. The minimum absolute atomic E-state index is 0.0895. The molecular formula is C21H21FN2O6. The van der Waals surface area contributed by atoms with Gasteiger partial charge < -0.3 is 29.6 Å². The molecule has 3 aromatic rings. The summed E-state index contributed by atoms with van der Waals surface area (Å²) in [6, 6.07) is 11.4. The Hall–Kier alpha value is -2.69. The number of rotatable bonds is 4. The Morgan fingerprint density at radius 1 is 0.967 bits per heavy atom. The van der Waals surface area contributed by atoms with Crippen molar-refractivity contribution in [2.75, 3.05) is 6.61 Å². The molecule has 8 nitrogen and oxygen atoms in total. The molecule has 4 rings (SSSR count). The molecule has 0 unspecified atom stereocenters. The van der Waals surface area contributed by atoms with Gasteiger partial charge in [-0.25, -0.2) is 4.39 Å². The summed E-state index contributed by atoms with van der Waals surface area (Å²) in [5.74, 6) is -0.110. The van der Waals surface area contributed by atoms with Gasteiger partial charge in [0.05, 0.1) is 12.2 Å². The van der Waals surface area contributed by atoms with Gasteiger partial charge in [0.25, 0.3) is 5.89 Å². The second-order valence-corrected chi connectivity index (χ2v) is 7.20. The Kier molecular flexibility index (Phi) is 5.63. The van der Waals surface area contributed by atoms with Crippen LogP contribution in [0.3, 0.4) is 0 Å². The number of benzene rings is 2. The summed E-state index contributed by atoms with van der Waals surface area (Å²) in [4.78, 5) is 0. The quantitative estimate of drug-likeness (QED) is 0.502. The fourth-order valence-electron chi connectivity index (χ4n) is 3.55. The van der Waals surface area contributed by atoms with Crippen molar-refractivity contribution in [3.05, 3.63) is 59.7 Å². The van der Waals surface area contributed by atoms with Gasteiger partial charge in [0.2, 0.25) is 5.89 Å². The van der Waals surface area contributed by atoms with Gasteiger partial charge in [-0.2, -0.15) is 0 Å². The first-order valence-electron chi connectivity index (χ1n) is 9.40. The van der Waals surface area contributed by atoms with Gasteiger partial charge in [0.1, 0.15) is 36.3 Å². The van der Waals surface area contributed by atoms with Crippen LogP contribution in [0.15, 0.2) is 46.9 Å². The molecule has 1 fully saturated rings. The lowest BCUT2D eigenvalue weighted by atomic mass is 9.90. The second-order valence-electron chi connectivity index (χ2n) is 7.20. The standard InChI is InChI=1S/C21H21FN2O6/c1-10-23-24-21(29-10)14-6-5-12(8-15(14)22)11-3-2-4-13(7-11)20-19(28)18(27)17(26)16(9-25)30-20/h2-8,16-20,25-28H,9H2,1H3/t16-,17-,18+,19+,20-/m1/s1. The van der Waals surface area contributed by atoms with E-state index < -0.39 is 42.9 Å². The second kappa shape index (κ2) is 8.21. The normalized spacial score (nSPS) is 26.7. The minimum atomic E-state index is -1.47. The molecule has 4 N–H and O–H groups in total. The molecule has 0 saturated carbocycles. The van der Waals surface area contributed by atoms with Crippen LogP contribution in [0.2, 0.25) is 0 Å². The zero-order valence-electron chi connectivity index (χ0n) is 16.0. The van der Waals surface area contributed by atoms with Gasteiger partial charge in [-0.15, -0.1) is 10.2 Å². The number of aryl methyl sites for hydroxylation is 1. The van der Waals surface area contributed by atoms with Gasteiger partial charge in [-0.1, -0.05) is 24.3 Å². The van der Waals surface area contributed by atoms with Gasteiger partial charge in [-0.05, 0) is 34.9 Å². The van der Waals surface area contributed by atoms with Gasteiger partial charge in [-0.3, -0.25) is 0 Å². The summed E-state index contributed by atoms with van der Waals surface area (Å²) in [5, 5.41) is 47.2. The van der Waals surface area contributed by atoms with Crippen LogP contribution in [0, 0.1) is 12.7 Å². The number of aromatic nitrogens is 2. The van der Waals surface area contributed by atoms with Gasteiger partial charge >= 0.3 is 0 Å². The highest BCUT2D eigenvalue weighted by molar-refractivity contribution is 5.68. The van der Waals surface area contributed by atoms with Gasteiger partial charge in [0.15, 0.2) is 0 Å². The van der Waals surface area contributed by atoms with Crippen molar-refractivity contribution < 1.29 is 34.0 Å². The number of halogens is 1. The first-order valence-corrected chi connectivity index (χ1v) is 9.40. The Bertz CT molecular complexity index is 1040. The molecule has 5 atom stereocenters. The lowest BCUT2D eigenvalue weighted by Gasteiger charge is -2.40. The maximum absolute atomic E-state index is 14.7. The predicted molar refractivity (Wildman–Crippen MR) is 103 cm³/mol. The zero-order chi connectivity index (χ0) is 21.4. The number of aliphatic hydroxyl groups is 4. The first kappa shape index (κ1) is 20.6. The summed E-state index contributed by atoms with van der Waals surface area (Å²) >= 11 is 0. The summed E-state index contributed by atoms with van der Waals surface area (Å²) in [6.45, 7) is 1.11. The van der Waals surface area contributed by atoms with E-state index in [-0.39, 0.29) is 11.5 Å². The smallest absolute Gasteiger partial charge is 0.250 e. The molecule has 0 spiro atoms. The van der Waals surface area contributed by atoms with Crippen LogP contribution in [0.25, 0.3) is 22.6 Å². The molecule has 2 heterocycles. The monoisotopic (exact) mass is 416 g/mol. The molecule has 0 aliphatic carbocycles. The van der Waals surface area contributed by atoms with E-state index in [2.05, 4.69) is 10.2 Å². The molecule has 0 bridgehead atoms. The van der Waals surface area contributed by atoms with Crippen LogP contribution in [0.1, 0.15) is 17.6 Å². The largest absolute Gasteiger partial charge is 0.421 e. The van der Waals surface area contributed by atoms with E-state index in [4.69, 9.17) is 9.15 Å². The van der Waals surface area contributed by atoms with E-state index in [1.165, 1.54) is 12.1 Å². The Morgan fingerprint density at radius 2 is 1.73 bits per heavy atom. The van der Waals surface area contributed by atoms with Crippen molar-refractivity contribution in [3.63, 3.8) is 0 Å². The van der Waals surface area contributed by atoms with Crippen LogP contribution >= 0.6 is 0 Å². The van der Waals surface area contributed by atoms with E-state index in [1.54, 1.807) is 37.3 Å². The molecule has 30 heavy (non-hydrogen) atoms. The maximum atomic E-state index is 14.7. The fourth-order valence-corrected chi connectivity index (χ4v) is 3.55. The number of ether oxygens (including phenoxy) is 1. The van der Waals surface area contributed by atoms with Crippen LogP contribution in [0.5, 0.6) is 0 Å². The number of hydrogen-bond donors (Lipinski definition) is 4. The molecule has 1 aliphatic rings. The molecule has 1 aliphatic heterocycles. The predicted octanol–water partition coefficient (Wildman–Crippen LogP) is 1.37. The molecule has 1 aromatic heterocycles. The summed E-state index contributed by atoms with van der Waals surface area (Å²) in [6.07, 6.45) is -6.27. The van der Waals surface area contributed by atoms with E-state index in [1.807, 2.05) is 0 Å². The van der Waals surface area contributed by atoms with Crippen molar-refractivity contribution in [1.82, 2.24) is 10.2 Å². The molecule has 0 radical (unpaired) electrons. The van der Waals surface area contributed by atoms with Crippen molar-refractivity contribution in [2.45, 2.75) is 37.4 Å². The number of aliphatic hydroxyl groups excluding tert-OH is 4. The van der Waals surface area contributed by atoms with E-state index >= 15 is 0 Å². The topological polar surface area (TPSA) is 129 Å². The molecule has 158 valence electrons. The zero-order valence-corrected chi connectivity index (χ0v) is 16.0. The highest BCUT2D eigenvalue weighted by Gasteiger charge is 2.43. The van der Waals surface area contributed by atoms with Crippen molar-refractivity contribution >= 4 is 0 Å². The molecule has 9 heteroatoms. The molecule has 1 saturated heterocycles. The van der Waals surface area contributed by atoms with Gasteiger partial charge in [0, 0.05) is 6.92 Å². The van der Waals surface area contributed by atoms with Crippen LogP contribution in [-0.4, -0.2) is 61.6 Å². The SMILES string of the molecule is Cc1nnc(-c2ccc(-c3cccc([C@H]4O[C@H](CO)[C@@H](O)[C@H](O)[C@@H]4O)c3)cc2F)o1. The highest BCUT2D eigenvalue weighted by Crippen LogP contribution is 2.35. The minimum Gasteiger partial charge on any atom is -0.421 e.